The van der Waals surface area contributed by atoms with Gasteiger partial charge < -0.3 is 30.5 Å². The molecule has 2 fully saturated rings. The highest BCUT2D eigenvalue weighted by atomic mass is 16.5. The summed E-state index contributed by atoms with van der Waals surface area (Å²) in [5.41, 5.74) is 10.9. The standard InChI is InChI=1S/C46H51N9O7/c1-46(2,3)35-23-36(53-62-35)50-38(57)21-27-10-12-29(13-11-27)41-42-43(47)48-24-32-9-4-5-20-54(25-39(58)49-31-8-6-7-30(22-31)44(52-41)55(32)42)40(59)26-61-33-16-14-28(15-17-33)34-18-19-37(56)51-45(34)60/h4,9-17,23-24,30-31,34H,5-8,18-22,25-26H2,1-3H3,(H2,47,48)(H,49,58)(H,50,53,57)(H,51,56,60)/b9-4+/t30-,31-,34?/m1/s1. The molecule has 0 radical (unpaired) electrons. The van der Waals surface area contributed by atoms with Gasteiger partial charge in [-0.05, 0) is 61.4 Å². The maximum atomic E-state index is 13.6. The molecule has 322 valence electrons. The third-order valence-corrected chi connectivity index (χ3v) is 11.7. The van der Waals surface area contributed by atoms with Gasteiger partial charge in [0.2, 0.25) is 23.6 Å². The van der Waals surface area contributed by atoms with Gasteiger partial charge in [0.25, 0.3) is 5.91 Å². The van der Waals surface area contributed by atoms with Crippen LogP contribution in [0.5, 0.6) is 5.75 Å². The molecule has 3 aromatic heterocycles. The molecule has 5 amide bonds. The molecular weight excluding hydrogens is 791 g/mol. The Hall–Kier alpha value is -6.84. The van der Waals surface area contributed by atoms with Crippen molar-refractivity contribution in [3.8, 4) is 17.0 Å². The second-order valence-electron chi connectivity index (χ2n) is 17.3. The zero-order valence-corrected chi connectivity index (χ0v) is 35.1. The first-order chi connectivity index (χ1) is 29.8. The molecule has 3 atom stereocenters. The molecule has 3 aliphatic rings. The van der Waals surface area contributed by atoms with Crippen LogP contribution in [0.1, 0.15) is 106 Å². The maximum Gasteiger partial charge on any atom is 0.260 e. The Balaban J connectivity index is 0.990. The number of fused-ring (bicyclic) bond motifs is 3. The van der Waals surface area contributed by atoms with Crippen LogP contribution in [0.25, 0.3) is 22.9 Å². The highest BCUT2D eigenvalue weighted by Crippen LogP contribution is 2.38. The summed E-state index contributed by atoms with van der Waals surface area (Å²) in [5.74, 6) is 0.838. The molecule has 62 heavy (non-hydrogen) atoms. The Morgan fingerprint density at radius 1 is 1.02 bits per heavy atom. The van der Waals surface area contributed by atoms with Crippen molar-refractivity contribution in [3.63, 3.8) is 0 Å². The predicted octanol–water partition coefficient (Wildman–Crippen LogP) is 5.43. The fourth-order valence-corrected chi connectivity index (χ4v) is 8.40. The summed E-state index contributed by atoms with van der Waals surface area (Å²) in [5, 5.41) is 12.4. The maximum absolute atomic E-state index is 13.6. The predicted molar refractivity (Wildman–Crippen MR) is 231 cm³/mol. The van der Waals surface area contributed by atoms with E-state index in [9.17, 15) is 24.0 Å². The molecule has 1 aliphatic carbocycles. The number of aromatic nitrogens is 4. The van der Waals surface area contributed by atoms with Crippen LogP contribution in [-0.2, 0) is 35.8 Å². The Morgan fingerprint density at radius 2 is 1.81 bits per heavy atom. The van der Waals surface area contributed by atoms with Crippen LogP contribution in [0.15, 0.2) is 71.4 Å². The summed E-state index contributed by atoms with van der Waals surface area (Å²) < 4.78 is 13.3. The number of imide groups is 1. The molecule has 2 bridgehead atoms. The summed E-state index contributed by atoms with van der Waals surface area (Å²) >= 11 is 0. The molecule has 5 N–H and O–H groups in total. The summed E-state index contributed by atoms with van der Waals surface area (Å²) in [6.45, 7) is 5.90. The van der Waals surface area contributed by atoms with Gasteiger partial charge in [0.1, 0.15) is 34.4 Å². The molecule has 1 unspecified atom stereocenters. The number of hydrogen-bond acceptors (Lipinski definition) is 11. The van der Waals surface area contributed by atoms with Gasteiger partial charge in [-0.3, -0.25) is 33.7 Å². The molecule has 2 aromatic carbocycles. The molecule has 8 rings (SSSR count). The topological polar surface area (TPSA) is 216 Å². The van der Waals surface area contributed by atoms with Crippen LogP contribution < -0.4 is 26.4 Å². The van der Waals surface area contributed by atoms with Gasteiger partial charge in [0.15, 0.2) is 12.4 Å². The van der Waals surface area contributed by atoms with Crippen molar-refractivity contribution < 1.29 is 33.2 Å². The zero-order chi connectivity index (χ0) is 43.5. The van der Waals surface area contributed by atoms with Crippen molar-refractivity contribution in [2.75, 3.05) is 30.7 Å². The Kier molecular flexibility index (Phi) is 11.9. The van der Waals surface area contributed by atoms with E-state index in [4.69, 9.17) is 20.0 Å². The van der Waals surface area contributed by atoms with Crippen molar-refractivity contribution in [2.24, 2.45) is 0 Å². The van der Waals surface area contributed by atoms with E-state index >= 15 is 0 Å². The number of hydrogen-bond donors (Lipinski definition) is 4. The Bertz CT molecular complexity index is 2540. The first kappa shape index (κ1) is 41.9. The normalized spacial score (nSPS) is 20.2. The lowest BCUT2D eigenvalue weighted by Gasteiger charge is -2.30. The van der Waals surface area contributed by atoms with E-state index in [-0.39, 0.29) is 79.4 Å². The zero-order valence-electron chi connectivity index (χ0n) is 35.1. The summed E-state index contributed by atoms with van der Waals surface area (Å²) in [7, 11) is 0. The van der Waals surface area contributed by atoms with Crippen molar-refractivity contribution in [2.45, 2.75) is 95.4 Å². The largest absolute Gasteiger partial charge is 0.484 e. The van der Waals surface area contributed by atoms with Crippen molar-refractivity contribution >= 4 is 52.8 Å². The third kappa shape index (κ3) is 9.38. The number of nitrogen functional groups attached to an aromatic ring is 1. The Morgan fingerprint density at radius 3 is 2.55 bits per heavy atom. The van der Waals surface area contributed by atoms with E-state index in [0.717, 1.165) is 47.5 Å². The second-order valence-corrected chi connectivity index (χ2v) is 17.3. The summed E-state index contributed by atoms with van der Waals surface area (Å²) in [4.78, 5) is 75.3. The number of ether oxygens (including phenoxy) is 1. The third-order valence-electron chi connectivity index (χ3n) is 11.7. The number of imidazole rings is 1. The van der Waals surface area contributed by atoms with Gasteiger partial charge in [-0.1, -0.05) is 74.8 Å². The van der Waals surface area contributed by atoms with Gasteiger partial charge in [0.05, 0.1) is 30.8 Å². The fourth-order valence-electron chi connectivity index (χ4n) is 8.40. The minimum atomic E-state index is -0.423. The molecule has 0 spiro atoms. The van der Waals surface area contributed by atoms with Crippen LogP contribution in [0, 0.1) is 0 Å². The van der Waals surface area contributed by atoms with Gasteiger partial charge in [-0.15, -0.1) is 0 Å². The number of nitrogens with two attached hydrogens (primary N) is 1. The van der Waals surface area contributed by atoms with Crippen LogP contribution in [0.3, 0.4) is 0 Å². The van der Waals surface area contributed by atoms with Crippen LogP contribution in [0.2, 0.25) is 0 Å². The monoisotopic (exact) mass is 841 g/mol. The second kappa shape index (κ2) is 17.6. The van der Waals surface area contributed by atoms with E-state index in [1.165, 1.54) is 4.90 Å². The number of nitrogens with one attached hydrogen (secondary N) is 3. The number of benzene rings is 2. The van der Waals surface area contributed by atoms with Crippen molar-refractivity contribution in [1.29, 1.82) is 0 Å². The van der Waals surface area contributed by atoms with Crippen molar-refractivity contribution in [3.05, 3.63) is 95.3 Å². The number of piperidine rings is 1. The lowest BCUT2D eigenvalue weighted by molar-refractivity contribution is -0.138. The van der Waals surface area contributed by atoms with Crippen LogP contribution >= 0.6 is 0 Å². The average Bonchev–Trinajstić information content (AvgIpc) is 3.89. The lowest BCUT2D eigenvalue weighted by atomic mass is 9.85. The van der Waals surface area contributed by atoms with Gasteiger partial charge in [-0.25, -0.2) is 9.97 Å². The molecule has 1 saturated heterocycles. The minimum Gasteiger partial charge on any atom is -0.484 e. The van der Waals surface area contributed by atoms with E-state index < -0.39 is 5.92 Å². The molecular formula is C46H51N9O7. The number of anilines is 2. The van der Waals surface area contributed by atoms with E-state index in [0.29, 0.717) is 53.6 Å². The van der Waals surface area contributed by atoms with Crippen LogP contribution in [-0.4, -0.2) is 79.7 Å². The number of amides is 5. The van der Waals surface area contributed by atoms with Crippen molar-refractivity contribution in [1.82, 2.24) is 35.1 Å². The average molecular weight is 842 g/mol. The highest BCUT2D eigenvalue weighted by molar-refractivity contribution is 6.01. The van der Waals surface area contributed by atoms with Crippen LogP contribution in [0.4, 0.5) is 11.6 Å². The van der Waals surface area contributed by atoms with Gasteiger partial charge in [-0.2, -0.15) is 0 Å². The first-order valence-corrected chi connectivity index (χ1v) is 21.1. The highest BCUT2D eigenvalue weighted by Gasteiger charge is 2.32. The van der Waals surface area contributed by atoms with E-state index in [1.807, 2.05) is 57.2 Å². The quantitative estimate of drug-likeness (QED) is 0.145. The van der Waals surface area contributed by atoms with Gasteiger partial charge in [0, 0.05) is 42.0 Å². The molecule has 5 aromatic rings. The molecule has 16 nitrogen and oxygen atoms in total. The van der Waals surface area contributed by atoms with E-state index in [2.05, 4.69) is 30.5 Å². The molecule has 2 aliphatic heterocycles. The first-order valence-electron chi connectivity index (χ1n) is 21.1. The smallest absolute Gasteiger partial charge is 0.260 e. The Labute approximate surface area is 358 Å². The number of rotatable bonds is 8. The number of carbonyl (C=O) groups excluding carboxylic acids is 5. The summed E-state index contributed by atoms with van der Waals surface area (Å²) in [6.07, 6.45) is 10.1. The molecule has 5 heterocycles. The number of nitrogens with zero attached hydrogens (tertiary/aromatic N) is 5. The van der Waals surface area contributed by atoms with Gasteiger partial charge >= 0.3 is 0 Å². The lowest BCUT2D eigenvalue weighted by Crippen LogP contribution is -2.46. The fraction of sp³-hybridized carbons (Fsp3) is 0.391. The SMILES string of the molecule is CC(C)(C)c1cc(NC(=O)Cc2ccc(-c3nc4n5c(cnc(N)c35)/C=C/CCN(C(=O)COc3ccc(C5CCC(=O)NC5=O)cc3)CC(=O)N[C@@H]3CCC[C@@H]4C3)cc2)no1. The molecule has 16 heteroatoms. The number of carbonyl (C=O) groups is 5. The minimum absolute atomic E-state index is 0.00185. The summed E-state index contributed by atoms with van der Waals surface area (Å²) in [6, 6.07) is 16.2. The van der Waals surface area contributed by atoms with E-state index in [1.54, 1.807) is 36.5 Å². The molecule has 1 saturated carbocycles.